The van der Waals surface area contributed by atoms with E-state index in [2.05, 4.69) is 24.4 Å². The van der Waals surface area contributed by atoms with Gasteiger partial charge in [0.05, 0.1) is 5.60 Å². The summed E-state index contributed by atoms with van der Waals surface area (Å²) in [6.45, 7) is 9.35. The molecule has 0 aromatic heterocycles. The summed E-state index contributed by atoms with van der Waals surface area (Å²) in [7, 11) is 0. The highest BCUT2D eigenvalue weighted by atomic mass is 16.5. The Balaban J connectivity index is 2.17. The van der Waals surface area contributed by atoms with E-state index < -0.39 is 5.60 Å². The highest BCUT2D eigenvalue weighted by Crippen LogP contribution is 2.35. The molecule has 3 heteroatoms. The van der Waals surface area contributed by atoms with Gasteiger partial charge in [-0.3, -0.25) is 0 Å². The standard InChI is InChI=1S/C18H29NO2/c1-5-19-16-10-6-9-15-14(16)8-7-11-17(15)21-12-18(4,20)13(2)3/h7-8,11,13,16,19-20H,5-6,9-10,12H2,1-4H3. The van der Waals surface area contributed by atoms with E-state index >= 15 is 0 Å². The molecule has 0 radical (unpaired) electrons. The fraction of sp³-hybridized carbons (Fsp3) is 0.667. The van der Waals surface area contributed by atoms with Crippen molar-refractivity contribution in [2.24, 2.45) is 5.92 Å². The summed E-state index contributed by atoms with van der Waals surface area (Å²) in [4.78, 5) is 0. The van der Waals surface area contributed by atoms with Crippen LogP contribution in [0, 0.1) is 5.92 Å². The molecule has 0 saturated carbocycles. The van der Waals surface area contributed by atoms with Crippen LogP contribution in [-0.4, -0.2) is 23.9 Å². The smallest absolute Gasteiger partial charge is 0.122 e. The second-order valence-electron chi connectivity index (χ2n) is 6.63. The van der Waals surface area contributed by atoms with E-state index in [4.69, 9.17) is 4.74 Å². The van der Waals surface area contributed by atoms with E-state index in [1.165, 1.54) is 24.0 Å². The van der Waals surface area contributed by atoms with E-state index in [-0.39, 0.29) is 5.92 Å². The number of aliphatic hydroxyl groups is 1. The van der Waals surface area contributed by atoms with Crippen molar-refractivity contribution >= 4 is 0 Å². The van der Waals surface area contributed by atoms with E-state index in [0.717, 1.165) is 18.7 Å². The summed E-state index contributed by atoms with van der Waals surface area (Å²) in [5.74, 6) is 1.11. The summed E-state index contributed by atoms with van der Waals surface area (Å²) >= 11 is 0. The van der Waals surface area contributed by atoms with E-state index in [9.17, 15) is 5.11 Å². The molecule has 2 unspecified atom stereocenters. The number of nitrogens with one attached hydrogen (secondary N) is 1. The molecular formula is C18H29NO2. The van der Waals surface area contributed by atoms with Gasteiger partial charge in [0.25, 0.3) is 0 Å². The largest absolute Gasteiger partial charge is 0.490 e. The number of hydrogen-bond donors (Lipinski definition) is 2. The van der Waals surface area contributed by atoms with E-state index in [0.29, 0.717) is 12.6 Å². The molecule has 1 aliphatic carbocycles. The van der Waals surface area contributed by atoms with Crippen LogP contribution in [0.2, 0.25) is 0 Å². The third-order valence-corrected chi connectivity index (χ3v) is 4.68. The molecule has 1 aromatic carbocycles. The average Bonchev–Trinajstić information content (AvgIpc) is 2.45. The Hall–Kier alpha value is -1.06. The van der Waals surface area contributed by atoms with Crippen molar-refractivity contribution in [3.05, 3.63) is 29.3 Å². The minimum Gasteiger partial charge on any atom is -0.490 e. The van der Waals surface area contributed by atoms with Crippen molar-refractivity contribution < 1.29 is 9.84 Å². The molecule has 0 aliphatic heterocycles. The first-order chi connectivity index (χ1) is 9.95. The zero-order valence-electron chi connectivity index (χ0n) is 13.8. The van der Waals surface area contributed by atoms with Gasteiger partial charge in [0.1, 0.15) is 12.4 Å². The second kappa shape index (κ2) is 6.80. The first kappa shape index (κ1) is 16.3. The monoisotopic (exact) mass is 291 g/mol. The third kappa shape index (κ3) is 3.78. The maximum Gasteiger partial charge on any atom is 0.122 e. The first-order valence-electron chi connectivity index (χ1n) is 8.16. The van der Waals surface area contributed by atoms with Crippen molar-refractivity contribution in [1.82, 2.24) is 5.32 Å². The topological polar surface area (TPSA) is 41.5 Å². The highest BCUT2D eigenvalue weighted by Gasteiger charge is 2.27. The van der Waals surface area contributed by atoms with Gasteiger partial charge >= 0.3 is 0 Å². The molecule has 1 aromatic rings. The van der Waals surface area contributed by atoms with Crippen LogP contribution >= 0.6 is 0 Å². The second-order valence-corrected chi connectivity index (χ2v) is 6.63. The Morgan fingerprint density at radius 2 is 2.19 bits per heavy atom. The van der Waals surface area contributed by atoms with Crippen molar-refractivity contribution in [3.8, 4) is 5.75 Å². The normalized spacial score (nSPS) is 21.0. The summed E-state index contributed by atoms with van der Waals surface area (Å²) in [5, 5.41) is 13.9. The third-order valence-electron chi connectivity index (χ3n) is 4.68. The molecule has 0 fully saturated rings. The summed E-state index contributed by atoms with van der Waals surface area (Å²) in [6.07, 6.45) is 3.44. The molecule has 3 nitrogen and oxygen atoms in total. The molecule has 2 atom stereocenters. The summed E-state index contributed by atoms with van der Waals surface area (Å²) in [5.41, 5.74) is 1.89. The Labute approximate surface area is 128 Å². The average molecular weight is 291 g/mol. The molecular weight excluding hydrogens is 262 g/mol. The van der Waals surface area contributed by atoms with Gasteiger partial charge in [-0.25, -0.2) is 0 Å². The Bertz CT molecular complexity index is 468. The van der Waals surface area contributed by atoms with Crippen LogP contribution in [-0.2, 0) is 6.42 Å². The molecule has 0 saturated heterocycles. The van der Waals surface area contributed by atoms with Gasteiger partial charge in [0, 0.05) is 6.04 Å². The van der Waals surface area contributed by atoms with Gasteiger partial charge in [-0.1, -0.05) is 32.9 Å². The van der Waals surface area contributed by atoms with Crippen molar-refractivity contribution in [2.75, 3.05) is 13.2 Å². The predicted molar refractivity (Wildman–Crippen MR) is 86.8 cm³/mol. The van der Waals surface area contributed by atoms with Crippen molar-refractivity contribution in [2.45, 2.75) is 58.6 Å². The molecule has 21 heavy (non-hydrogen) atoms. The van der Waals surface area contributed by atoms with Crippen molar-refractivity contribution in [3.63, 3.8) is 0 Å². The minimum atomic E-state index is -0.793. The molecule has 0 spiro atoms. The maximum absolute atomic E-state index is 10.4. The fourth-order valence-electron chi connectivity index (χ4n) is 2.80. The first-order valence-corrected chi connectivity index (χ1v) is 8.16. The maximum atomic E-state index is 10.4. The van der Waals surface area contributed by atoms with Crippen LogP contribution in [0.3, 0.4) is 0 Å². The minimum absolute atomic E-state index is 0.173. The lowest BCUT2D eigenvalue weighted by atomic mass is 9.87. The van der Waals surface area contributed by atoms with E-state index in [1.807, 2.05) is 26.8 Å². The van der Waals surface area contributed by atoms with Gasteiger partial charge in [-0.05, 0) is 55.8 Å². The number of ether oxygens (including phenoxy) is 1. The van der Waals surface area contributed by atoms with Gasteiger partial charge in [0.2, 0.25) is 0 Å². The van der Waals surface area contributed by atoms with Gasteiger partial charge in [0.15, 0.2) is 0 Å². The van der Waals surface area contributed by atoms with Crippen LogP contribution in [0.4, 0.5) is 0 Å². The number of benzene rings is 1. The quantitative estimate of drug-likeness (QED) is 0.843. The SMILES string of the molecule is CCNC1CCCc2c(OCC(C)(O)C(C)C)cccc21. The van der Waals surface area contributed by atoms with Crippen LogP contribution in [0.5, 0.6) is 5.75 Å². The Morgan fingerprint density at radius 3 is 2.86 bits per heavy atom. The molecule has 2 N–H and O–H groups in total. The lowest BCUT2D eigenvalue weighted by Crippen LogP contribution is -2.38. The van der Waals surface area contributed by atoms with Crippen molar-refractivity contribution in [1.29, 1.82) is 0 Å². The summed E-state index contributed by atoms with van der Waals surface area (Å²) < 4.78 is 5.98. The van der Waals surface area contributed by atoms with Crippen LogP contribution < -0.4 is 10.1 Å². The molecule has 2 rings (SSSR count). The molecule has 118 valence electrons. The van der Waals surface area contributed by atoms with Crippen LogP contribution in [0.15, 0.2) is 18.2 Å². The van der Waals surface area contributed by atoms with Gasteiger partial charge < -0.3 is 15.2 Å². The highest BCUT2D eigenvalue weighted by molar-refractivity contribution is 5.43. The number of rotatable bonds is 6. The molecule has 0 bridgehead atoms. The molecule has 0 heterocycles. The summed E-state index contributed by atoms with van der Waals surface area (Å²) in [6, 6.07) is 6.74. The lowest BCUT2D eigenvalue weighted by Gasteiger charge is -2.30. The van der Waals surface area contributed by atoms with Crippen LogP contribution in [0.1, 0.15) is 57.7 Å². The van der Waals surface area contributed by atoms with Gasteiger partial charge in [-0.15, -0.1) is 0 Å². The Morgan fingerprint density at radius 1 is 1.43 bits per heavy atom. The molecule has 0 amide bonds. The van der Waals surface area contributed by atoms with E-state index in [1.54, 1.807) is 0 Å². The Kier molecular flexibility index (Phi) is 5.28. The van der Waals surface area contributed by atoms with Crippen LogP contribution in [0.25, 0.3) is 0 Å². The number of hydrogen-bond acceptors (Lipinski definition) is 3. The van der Waals surface area contributed by atoms with Gasteiger partial charge in [-0.2, -0.15) is 0 Å². The fourth-order valence-corrected chi connectivity index (χ4v) is 2.80. The zero-order valence-corrected chi connectivity index (χ0v) is 13.8. The lowest BCUT2D eigenvalue weighted by molar-refractivity contribution is -0.0269. The predicted octanol–water partition coefficient (Wildman–Crippen LogP) is 3.46. The number of fused-ring (bicyclic) bond motifs is 1. The zero-order chi connectivity index (χ0) is 15.5. The molecule has 1 aliphatic rings.